The molecule has 2 heterocycles. The Morgan fingerprint density at radius 3 is 2.03 bits per heavy atom. The van der Waals surface area contributed by atoms with Crippen molar-refractivity contribution in [1.29, 1.82) is 0 Å². The standard InChI is InChI=1S/C16H8Cl2F9N5O2/c1-34-13(33)30-11-7-9(15(22,23)24)28-12(16(25,26)27)29-10(7)31-32(11)8-5(17)2-4(3-6(8)18)14(19,20)21/h2-3,10,31H,1H3,(H,30,33). The maximum absolute atomic E-state index is 13.7. The molecular formula is C16H8Cl2F9N5O2. The zero-order valence-corrected chi connectivity index (χ0v) is 17.6. The minimum absolute atomic E-state index is 0.371. The Hall–Kier alpha value is -2.72. The van der Waals surface area contributed by atoms with Crippen LogP contribution in [0.5, 0.6) is 0 Å². The number of methoxy groups -OCH3 is 1. The van der Waals surface area contributed by atoms with Crippen LogP contribution in [0.25, 0.3) is 0 Å². The highest BCUT2D eigenvalue weighted by atomic mass is 35.5. The fraction of sp³-hybridized carbons (Fsp3) is 0.312. The van der Waals surface area contributed by atoms with Crippen LogP contribution in [0.2, 0.25) is 10.0 Å². The van der Waals surface area contributed by atoms with Gasteiger partial charge in [-0.25, -0.2) is 14.8 Å². The fourth-order valence-corrected chi connectivity index (χ4v) is 3.55. The summed E-state index contributed by atoms with van der Waals surface area (Å²) < 4.78 is 124. The van der Waals surface area contributed by atoms with Gasteiger partial charge in [0.05, 0.1) is 34.0 Å². The largest absolute Gasteiger partial charge is 0.453 e. The summed E-state index contributed by atoms with van der Waals surface area (Å²) in [4.78, 5) is 17.4. The van der Waals surface area contributed by atoms with E-state index in [4.69, 9.17) is 23.2 Å². The third-order valence-corrected chi connectivity index (χ3v) is 4.80. The summed E-state index contributed by atoms with van der Waals surface area (Å²) in [7, 11) is 0.822. The number of benzene rings is 1. The van der Waals surface area contributed by atoms with Gasteiger partial charge in [-0.05, 0) is 12.1 Å². The summed E-state index contributed by atoms with van der Waals surface area (Å²) in [6.45, 7) is 0. The second-order valence-electron chi connectivity index (χ2n) is 6.44. The number of aliphatic imine (C=N–C) groups is 2. The zero-order chi connectivity index (χ0) is 25.8. The average Bonchev–Trinajstić information content (AvgIpc) is 3.02. The van der Waals surface area contributed by atoms with Gasteiger partial charge in [0.25, 0.3) is 0 Å². The van der Waals surface area contributed by atoms with Crippen LogP contribution in [0.15, 0.2) is 33.5 Å². The van der Waals surface area contributed by atoms with E-state index in [-0.39, 0.29) is 0 Å². The summed E-state index contributed by atoms with van der Waals surface area (Å²) >= 11 is 11.8. The van der Waals surface area contributed by atoms with Gasteiger partial charge < -0.3 is 4.74 Å². The second-order valence-corrected chi connectivity index (χ2v) is 7.26. The van der Waals surface area contributed by atoms with Crippen LogP contribution in [0.4, 0.5) is 50.0 Å². The van der Waals surface area contributed by atoms with Crippen LogP contribution < -0.4 is 15.8 Å². The summed E-state index contributed by atoms with van der Waals surface area (Å²) in [6, 6.07) is 0.742. The number of rotatable bonds is 2. The molecule has 7 nitrogen and oxygen atoms in total. The first-order valence-electron chi connectivity index (χ1n) is 8.48. The van der Waals surface area contributed by atoms with E-state index in [1.165, 1.54) is 0 Å². The van der Waals surface area contributed by atoms with Gasteiger partial charge in [-0.1, -0.05) is 23.2 Å². The van der Waals surface area contributed by atoms with Crippen LogP contribution in [0.3, 0.4) is 0 Å². The number of nitrogens with one attached hydrogen (secondary N) is 2. The van der Waals surface area contributed by atoms with Crippen molar-refractivity contribution in [3.05, 3.63) is 39.1 Å². The zero-order valence-electron chi connectivity index (χ0n) is 16.0. The molecule has 0 spiro atoms. The number of carbonyl (C=O) groups excluding carboxylic acids is 1. The monoisotopic (exact) mass is 543 g/mol. The molecule has 0 radical (unpaired) electrons. The number of nitrogens with zero attached hydrogens (tertiary/aromatic N) is 3. The van der Waals surface area contributed by atoms with E-state index in [9.17, 15) is 44.3 Å². The first kappa shape index (κ1) is 25.9. The predicted octanol–water partition coefficient (Wildman–Crippen LogP) is 5.21. The number of amidine groups is 1. The Morgan fingerprint density at radius 2 is 1.59 bits per heavy atom. The lowest BCUT2D eigenvalue weighted by atomic mass is 10.1. The van der Waals surface area contributed by atoms with Gasteiger partial charge in [0.1, 0.15) is 5.82 Å². The summed E-state index contributed by atoms with van der Waals surface area (Å²) in [5, 5.41) is 0.739. The number of amides is 1. The third-order valence-electron chi connectivity index (χ3n) is 4.22. The van der Waals surface area contributed by atoms with Crippen molar-refractivity contribution in [1.82, 2.24) is 10.7 Å². The molecule has 1 aromatic carbocycles. The molecule has 0 aromatic heterocycles. The van der Waals surface area contributed by atoms with Crippen molar-refractivity contribution in [2.75, 3.05) is 12.1 Å². The Labute approximate surface area is 192 Å². The van der Waals surface area contributed by atoms with Crippen molar-refractivity contribution in [2.45, 2.75) is 24.7 Å². The number of anilines is 1. The molecule has 0 fully saturated rings. The highest BCUT2D eigenvalue weighted by Gasteiger charge is 2.52. The second kappa shape index (κ2) is 8.49. The van der Waals surface area contributed by atoms with Crippen molar-refractivity contribution >= 4 is 46.5 Å². The van der Waals surface area contributed by atoms with Crippen molar-refractivity contribution < 1.29 is 49.0 Å². The summed E-state index contributed by atoms with van der Waals surface area (Å²) in [6.07, 6.45) is -19.3. The Bertz CT molecular complexity index is 1100. The highest BCUT2D eigenvalue weighted by molar-refractivity contribution is 6.39. The van der Waals surface area contributed by atoms with Crippen LogP contribution in [0.1, 0.15) is 5.56 Å². The van der Waals surface area contributed by atoms with E-state index in [0.717, 1.165) is 7.11 Å². The Morgan fingerprint density at radius 1 is 1.03 bits per heavy atom. The van der Waals surface area contributed by atoms with Gasteiger partial charge in [0, 0.05) is 0 Å². The van der Waals surface area contributed by atoms with Crippen molar-refractivity contribution in [2.24, 2.45) is 9.98 Å². The number of hydrogen-bond acceptors (Lipinski definition) is 6. The topological polar surface area (TPSA) is 78.3 Å². The van der Waals surface area contributed by atoms with E-state index in [2.05, 4.69) is 20.1 Å². The first-order valence-corrected chi connectivity index (χ1v) is 9.23. The van der Waals surface area contributed by atoms with Crippen molar-refractivity contribution in [3.8, 4) is 0 Å². The lowest BCUT2D eigenvalue weighted by Crippen LogP contribution is -2.43. The van der Waals surface area contributed by atoms with Crippen LogP contribution in [-0.4, -0.2) is 43.3 Å². The Balaban J connectivity index is 2.26. The maximum Gasteiger partial charge on any atom is 0.451 e. The molecule has 3 rings (SSSR count). The maximum atomic E-state index is 13.7. The molecule has 18 heteroatoms. The predicted molar refractivity (Wildman–Crippen MR) is 100 cm³/mol. The quantitative estimate of drug-likeness (QED) is 0.502. The molecule has 2 aliphatic rings. The first-order chi connectivity index (χ1) is 15.4. The van der Waals surface area contributed by atoms with Gasteiger partial charge >= 0.3 is 24.6 Å². The van der Waals surface area contributed by atoms with E-state index >= 15 is 0 Å². The number of carbonyl (C=O) groups is 1. The summed E-state index contributed by atoms with van der Waals surface area (Å²) in [5.41, 5.74) is -3.03. The van der Waals surface area contributed by atoms with Gasteiger partial charge in [-0.2, -0.15) is 44.9 Å². The van der Waals surface area contributed by atoms with Crippen LogP contribution in [0, 0.1) is 0 Å². The van der Waals surface area contributed by atoms with E-state index in [0.29, 0.717) is 17.1 Å². The van der Waals surface area contributed by atoms with Crippen LogP contribution >= 0.6 is 23.2 Å². The molecule has 1 aromatic rings. The lowest BCUT2D eigenvalue weighted by Gasteiger charge is -2.25. The average molecular weight is 544 g/mol. The molecule has 2 aliphatic heterocycles. The SMILES string of the molecule is COC(=O)NC1=C2C(C(F)(F)F)=NC(C(F)(F)F)=NC2NN1c1c(Cl)cc(C(F)(F)F)cc1Cl. The molecule has 1 amide bonds. The molecule has 0 saturated heterocycles. The minimum atomic E-state index is -5.48. The number of halogens is 11. The highest BCUT2D eigenvalue weighted by Crippen LogP contribution is 2.44. The van der Waals surface area contributed by atoms with E-state index in [1.54, 1.807) is 0 Å². The smallest absolute Gasteiger partial charge is 0.451 e. The molecule has 0 bridgehead atoms. The number of ether oxygens (including phenoxy) is 1. The van der Waals surface area contributed by atoms with Gasteiger partial charge in [0.2, 0.25) is 5.84 Å². The number of alkyl carbamates (subject to hydrolysis) is 1. The van der Waals surface area contributed by atoms with Gasteiger partial charge in [-0.3, -0.25) is 10.3 Å². The molecule has 0 saturated carbocycles. The third kappa shape index (κ3) is 4.88. The molecule has 1 unspecified atom stereocenters. The Kier molecular flexibility index (Phi) is 6.47. The van der Waals surface area contributed by atoms with Gasteiger partial charge in [0.15, 0.2) is 11.9 Å². The van der Waals surface area contributed by atoms with E-state index < -0.39 is 75.0 Å². The number of hydrogen-bond donors (Lipinski definition) is 2. The fourth-order valence-electron chi connectivity index (χ4n) is 2.90. The molecule has 2 N–H and O–H groups in total. The van der Waals surface area contributed by atoms with Gasteiger partial charge in [-0.15, -0.1) is 0 Å². The normalized spacial score (nSPS) is 19.1. The number of fused-ring (bicyclic) bond motifs is 1. The molecule has 0 aliphatic carbocycles. The molecule has 186 valence electrons. The molecule has 34 heavy (non-hydrogen) atoms. The van der Waals surface area contributed by atoms with Crippen molar-refractivity contribution in [3.63, 3.8) is 0 Å². The number of alkyl halides is 9. The lowest BCUT2D eigenvalue weighted by molar-refractivity contribution is -0.137. The summed E-state index contributed by atoms with van der Waals surface area (Å²) in [5.74, 6) is -3.08. The van der Waals surface area contributed by atoms with E-state index in [1.807, 2.05) is 5.32 Å². The number of hydrazine groups is 1. The van der Waals surface area contributed by atoms with Crippen LogP contribution in [-0.2, 0) is 10.9 Å². The minimum Gasteiger partial charge on any atom is -0.453 e. The molecule has 1 atom stereocenters. The molecular weight excluding hydrogens is 536 g/mol.